The quantitative estimate of drug-likeness (QED) is 0.192. The second-order valence-electron chi connectivity index (χ2n) is 13.8. The molecule has 2 saturated heterocycles. The van der Waals surface area contributed by atoms with Crippen molar-refractivity contribution in [1.82, 2.24) is 26.1 Å². The van der Waals surface area contributed by atoms with Gasteiger partial charge in [0.1, 0.15) is 18.0 Å². The van der Waals surface area contributed by atoms with Crippen LogP contribution in [0.2, 0.25) is 0 Å². The van der Waals surface area contributed by atoms with Gasteiger partial charge in [0.2, 0.25) is 5.91 Å². The number of carbonyl (C=O) groups is 3. The fourth-order valence-electron chi connectivity index (χ4n) is 6.18. The third kappa shape index (κ3) is 10.2. The molecule has 0 radical (unpaired) electrons. The van der Waals surface area contributed by atoms with Crippen molar-refractivity contribution in [3.8, 4) is 11.3 Å². The Balaban J connectivity index is 1.37. The number of alkyl carbamates (subject to hydrolysis) is 1. The first kappa shape index (κ1) is 37.6. The molecule has 4 N–H and O–H groups in total. The lowest BCUT2D eigenvalue weighted by Gasteiger charge is -2.34. The maximum atomic E-state index is 14.8. The Morgan fingerprint density at radius 2 is 1.76 bits per heavy atom. The number of benzene rings is 2. The van der Waals surface area contributed by atoms with E-state index in [0.29, 0.717) is 13.0 Å². The molecule has 3 aromatic rings. The van der Waals surface area contributed by atoms with Crippen LogP contribution in [-0.2, 0) is 36.7 Å². The summed E-state index contributed by atoms with van der Waals surface area (Å²) in [6.45, 7) is 5.69. The van der Waals surface area contributed by atoms with E-state index in [2.05, 4.69) is 21.0 Å². The van der Waals surface area contributed by atoms with Crippen molar-refractivity contribution >= 4 is 18.1 Å². The van der Waals surface area contributed by atoms with E-state index in [1.165, 1.54) is 18.2 Å². The number of pyridine rings is 1. The van der Waals surface area contributed by atoms with E-state index >= 15 is 0 Å². The average Bonchev–Trinajstić information content (AvgIpc) is 3.73. The van der Waals surface area contributed by atoms with Crippen molar-refractivity contribution in [2.45, 2.75) is 70.7 Å². The standard InChI is InChI=1S/C37H46FN5O8/c1-37(2,3)32(41-35(46)48-4)33(45)40-29(19-23-12-14-24(15-13-23)28-11-7-8-17-39-28)30(44)21-43(20-25-9-5-6-10-27(25)38)42-36(47)51-31-22-50-34-26(31)16-18-49-34/h5-15,17,26,29-32,34,44H,16,18-22H2,1-4H3,(H,40,45)(H,41,46)(H,42,47)/t26-,29-,30-,31-,32+,34+/m0/s1. The van der Waals surface area contributed by atoms with Gasteiger partial charge in [-0.3, -0.25) is 15.2 Å². The number of hydrazine groups is 1. The van der Waals surface area contributed by atoms with Gasteiger partial charge in [0.25, 0.3) is 0 Å². The van der Waals surface area contributed by atoms with E-state index in [1.54, 1.807) is 45.2 Å². The van der Waals surface area contributed by atoms with Gasteiger partial charge in [-0.25, -0.2) is 19.0 Å². The number of carbonyl (C=O) groups excluding carboxylic acids is 3. The molecule has 13 nitrogen and oxygen atoms in total. The summed E-state index contributed by atoms with van der Waals surface area (Å²) in [5.41, 5.74) is 4.66. The van der Waals surface area contributed by atoms with Gasteiger partial charge >= 0.3 is 12.2 Å². The molecule has 0 unspecified atom stereocenters. The van der Waals surface area contributed by atoms with Crippen molar-refractivity contribution < 1.29 is 42.8 Å². The molecule has 6 atom stereocenters. The summed E-state index contributed by atoms with van der Waals surface area (Å²) in [7, 11) is 1.20. The van der Waals surface area contributed by atoms with Crippen LogP contribution in [0.4, 0.5) is 14.0 Å². The summed E-state index contributed by atoms with van der Waals surface area (Å²) in [5, 5.41) is 18.7. The fraction of sp³-hybridized carbons (Fsp3) is 0.459. The molecule has 1 aromatic heterocycles. The third-order valence-electron chi connectivity index (χ3n) is 8.96. The fourth-order valence-corrected chi connectivity index (χ4v) is 6.18. The van der Waals surface area contributed by atoms with E-state index in [-0.39, 0.29) is 37.6 Å². The molecule has 14 heteroatoms. The molecular weight excluding hydrogens is 661 g/mol. The van der Waals surface area contributed by atoms with E-state index in [1.807, 2.05) is 42.5 Å². The van der Waals surface area contributed by atoms with Crippen LogP contribution in [0.3, 0.4) is 0 Å². The number of halogens is 1. The van der Waals surface area contributed by atoms with Gasteiger partial charge in [0.15, 0.2) is 6.29 Å². The van der Waals surface area contributed by atoms with Gasteiger partial charge in [-0.1, -0.05) is 69.3 Å². The molecule has 0 aliphatic carbocycles. The largest absolute Gasteiger partial charge is 0.453 e. The minimum atomic E-state index is -1.31. The van der Waals surface area contributed by atoms with Crippen LogP contribution in [-0.4, -0.2) is 90.6 Å². The second kappa shape index (κ2) is 17.1. The summed E-state index contributed by atoms with van der Waals surface area (Å²) in [6.07, 6.45) is -1.29. The molecule has 0 bridgehead atoms. The van der Waals surface area contributed by atoms with Crippen LogP contribution < -0.4 is 16.1 Å². The smallest absolute Gasteiger partial charge is 0.422 e. The summed E-state index contributed by atoms with van der Waals surface area (Å²) >= 11 is 0. The zero-order valence-corrected chi connectivity index (χ0v) is 29.2. The van der Waals surface area contributed by atoms with E-state index in [9.17, 15) is 23.9 Å². The highest BCUT2D eigenvalue weighted by molar-refractivity contribution is 5.86. The van der Waals surface area contributed by atoms with Crippen molar-refractivity contribution in [2.75, 3.05) is 26.9 Å². The van der Waals surface area contributed by atoms with Gasteiger partial charge in [0, 0.05) is 30.4 Å². The highest BCUT2D eigenvalue weighted by Crippen LogP contribution is 2.33. The van der Waals surface area contributed by atoms with Crippen LogP contribution in [0.1, 0.15) is 38.3 Å². The number of fused-ring (bicyclic) bond motifs is 1. The zero-order valence-electron chi connectivity index (χ0n) is 29.2. The molecule has 2 aromatic carbocycles. The summed E-state index contributed by atoms with van der Waals surface area (Å²) in [5.74, 6) is -1.15. The first-order valence-electron chi connectivity index (χ1n) is 16.9. The van der Waals surface area contributed by atoms with E-state index in [4.69, 9.17) is 18.9 Å². The molecule has 0 spiro atoms. The Morgan fingerprint density at radius 1 is 1.02 bits per heavy atom. The average molecular weight is 708 g/mol. The predicted molar refractivity (Wildman–Crippen MR) is 184 cm³/mol. The maximum absolute atomic E-state index is 14.8. The van der Waals surface area contributed by atoms with E-state index in [0.717, 1.165) is 16.8 Å². The number of amides is 3. The summed E-state index contributed by atoms with van der Waals surface area (Å²) < 4.78 is 36.4. The molecule has 3 heterocycles. The number of aliphatic hydroxyl groups is 1. The lowest BCUT2D eigenvalue weighted by Crippen LogP contribution is -2.59. The van der Waals surface area contributed by atoms with Crippen LogP contribution >= 0.6 is 0 Å². The van der Waals surface area contributed by atoms with Gasteiger partial charge in [-0.15, -0.1) is 0 Å². The van der Waals surface area contributed by atoms with Crippen molar-refractivity contribution in [2.24, 2.45) is 11.3 Å². The van der Waals surface area contributed by atoms with Gasteiger partial charge in [-0.2, -0.15) is 0 Å². The normalized spacial score (nSPS) is 20.2. The van der Waals surface area contributed by atoms with Gasteiger partial charge < -0.3 is 34.7 Å². The van der Waals surface area contributed by atoms with Gasteiger partial charge in [0.05, 0.1) is 44.1 Å². The number of hydrogen-bond acceptors (Lipinski definition) is 10. The molecule has 2 aliphatic heterocycles. The third-order valence-corrected chi connectivity index (χ3v) is 8.96. The lowest BCUT2D eigenvalue weighted by molar-refractivity contribution is -0.127. The zero-order chi connectivity index (χ0) is 36.5. The Kier molecular flexibility index (Phi) is 12.6. The maximum Gasteiger partial charge on any atom is 0.422 e. The highest BCUT2D eigenvalue weighted by Gasteiger charge is 2.44. The van der Waals surface area contributed by atoms with Gasteiger partial charge in [-0.05, 0) is 42.0 Å². The Hall–Kier alpha value is -4.63. The Labute approximate surface area is 296 Å². The number of methoxy groups -OCH3 is 1. The van der Waals surface area contributed by atoms with E-state index < -0.39 is 59.9 Å². The summed E-state index contributed by atoms with van der Waals surface area (Å²) in [6, 6.07) is 17.3. The number of rotatable bonds is 13. The SMILES string of the molecule is COC(=O)N[C@H](C(=O)N[C@@H](Cc1ccc(-c2ccccn2)cc1)[C@@H](O)CN(Cc1ccccc1F)NC(=O)O[C@H]1CO[C@H]2OCC[C@H]21)C(C)(C)C. The predicted octanol–water partition coefficient (Wildman–Crippen LogP) is 3.95. The number of hydrogen-bond donors (Lipinski definition) is 4. The summed E-state index contributed by atoms with van der Waals surface area (Å²) in [4.78, 5) is 43.6. The Morgan fingerprint density at radius 3 is 2.45 bits per heavy atom. The molecule has 5 rings (SSSR count). The monoisotopic (exact) mass is 707 g/mol. The lowest BCUT2D eigenvalue weighted by atomic mass is 9.85. The van der Waals surface area contributed by atoms with Crippen molar-refractivity contribution in [3.05, 3.63) is 89.9 Å². The molecule has 51 heavy (non-hydrogen) atoms. The molecule has 2 aliphatic rings. The van der Waals surface area contributed by atoms with Crippen LogP contribution in [0, 0.1) is 17.2 Å². The topological polar surface area (TPSA) is 161 Å². The number of ether oxygens (including phenoxy) is 4. The van der Waals surface area contributed by atoms with Crippen LogP contribution in [0.15, 0.2) is 72.9 Å². The minimum Gasteiger partial charge on any atom is -0.453 e. The second-order valence-corrected chi connectivity index (χ2v) is 13.8. The molecule has 2 fully saturated rings. The molecule has 274 valence electrons. The first-order valence-corrected chi connectivity index (χ1v) is 16.9. The molecular formula is C37H46FN5O8. The molecule has 3 amide bonds. The molecule has 0 saturated carbocycles. The number of nitrogens with one attached hydrogen (secondary N) is 3. The highest BCUT2D eigenvalue weighted by atomic mass is 19.1. The van der Waals surface area contributed by atoms with Crippen LogP contribution in [0.5, 0.6) is 0 Å². The van der Waals surface area contributed by atoms with Crippen molar-refractivity contribution in [3.63, 3.8) is 0 Å². The Bertz CT molecular complexity index is 1620. The first-order chi connectivity index (χ1) is 24.4. The van der Waals surface area contributed by atoms with Crippen LogP contribution in [0.25, 0.3) is 11.3 Å². The minimum absolute atomic E-state index is 0.0978. The number of aromatic nitrogens is 1. The number of aliphatic hydroxyl groups excluding tert-OH is 1. The number of nitrogens with zero attached hydrogens (tertiary/aromatic N) is 2. The van der Waals surface area contributed by atoms with Crippen molar-refractivity contribution in [1.29, 1.82) is 0 Å².